The monoisotopic (exact) mass is 382 g/mol. The van der Waals surface area contributed by atoms with Gasteiger partial charge in [-0.2, -0.15) is 0 Å². The van der Waals surface area contributed by atoms with Crippen LogP contribution >= 0.6 is 0 Å². The topological polar surface area (TPSA) is 52.6 Å². The summed E-state index contributed by atoms with van der Waals surface area (Å²) in [5, 5.41) is 0. The first-order valence-electron chi connectivity index (χ1n) is 6.54. The average molecular weight is 381 g/mol. The summed E-state index contributed by atoms with van der Waals surface area (Å²) >= 11 is -1.06. The Kier molecular flexibility index (Phi) is 8.78. The fourth-order valence-corrected chi connectivity index (χ4v) is 3.63. The number of rotatable bonds is 8. The Morgan fingerprint density at radius 2 is 1.85 bits per heavy atom. The van der Waals surface area contributed by atoms with E-state index in [1.807, 2.05) is 30.3 Å². The summed E-state index contributed by atoms with van der Waals surface area (Å²) in [6.45, 7) is 2.30. The molecular weight excluding hydrogens is 363 g/mol. The van der Waals surface area contributed by atoms with Crippen molar-refractivity contribution in [2.75, 3.05) is 0 Å². The normalized spacial score (nSPS) is 10.4. The van der Waals surface area contributed by atoms with E-state index >= 15 is 0 Å². The summed E-state index contributed by atoms with van der Waals surface area (Å²) in [5.74, 6) is -0.978. The molecule has 0 saturated carbocycles. The van der Waals surface area contributed by atoms with Crippen molar-refractivity contribution >= 4 is 33.5 Å². The standard InChI is InChI=1S/C11H10O4.C4H9.Sn/c12-10(13)6-7-11(14)15-8-9-4-2-1-3-5-9;1-3-4-2;/h1-7H,8H2,(H,12,13);1,3-4H2,2H3;/q;;+1/p-1/b7-6-;;. The van der Waals surface area contributed by atoms with Crippen molar-refractivity contribution in [3.8, 4) is 0 Å². The van der Waals surface area contributed by atoms with Crippen molar-refractivity contribution in [3.63, 3.8) is 0 Å². The molecule has 0 aliphatic rings. The van der Waals surface area contributed by atoms with E-state index in [1.165, 1.54) is 0 Å². The van der Waals surface area contributed by atoms with Crippen LogP contribution in [-0.2, 0) is 24.0 Å². The van der Waals surface area contributed by atoms with Gasteiger partial charge in [0.05, 0.1) is 0 Å². The first-order chi connectivity index (χ1) is 9.72. The van der Waals surface area contributed by atoms with Crippen molar-refractivity contribution in [3.05, 3.63) is 48.0 Å². The minimum atomic E-state index is -1.06. The van der Waals surface area contributed by atoms with Gasteiger partial charge in [-0.1, -0.05) is 0 Å². The summed E-state index contributed by atoms with van der Waals surface area (Å²) in [7, 11) is 0. The Balaban J connectivity index is 2.20. The number of hydrogen-bond donors (Lipinski definition) is 0. The molecular formula is C15H18O4Sn. The van der Waals surface area contributed by atoms with Crippen LogP contribution in [-0.4, -0.2) is 33.5 Å². The molecule has 1 aromatic carbocycles. The molecule has 106 valence electrons. The molecule has 4 nitrogen and oxygen atoms in total. The van der Waals surface area contributed by atoms with Crippen molar-refractivity contribution in [2.24, 2.45) is 0 Å². The van der Waals surface area contributed by atoms with Gasteiger partial charge in [-0.3, -0.25) is 0 Å². The third kappa shape index (κ3) is 7.99. The van der Waals surface area contributed by atoms with Gasteiger partial charge in [-0.25, -0.2) is 0 Å². The molecule has 0 aliphatic carbocycles. The maximum atomic E-state index is 11.4. The van der Waals surface area contributed by atoms with E-state index in [1.54, 1.807) is 0 Å². The van der Waals surface area contributed by atoms with Crippen LogP contribution < -0.4 is 0 Å². The summed E-state index contributed by atoms with van der Waals surface area (Å²) in [4.78, 5) is 22.7. The number of carbonyl (C=O) groups is 2. The molecule has 0 saturated heterocycles. The second kappa shape index (κ2) is 10.5. The molecule has 0 heterocycles. The van der Waals surface area contributed by atoms with Gasteiger partial charge in [-0.05, 0) is 0 Å². The van der Waals surface area contributed by atoms with Gasteiger partial charge in [0, 0.05) is 0 Å². The zero-order valence-corrected chi connectivity index (χ0v) is 14.4. The number of esters is 1. The number of unbranched alkanes of at least 4 members (excludes halogenated alkanes) is 1. The molecule has 0 aromatic heterocycles. The van der Waals surface area contributed by atoms with E-state index in [0.29, 0.717) is 0 Å². The quantitative estimate of drug-likeness (QED) is 0.301. The number of hydrogen-bond acceptors (Lipinski definition) is 4. The molecule has 20 heavy (non-hydrogen) atoms. The fourth-order valence-electron chi connectivity index (χ4n) is 1.32. The van der Waals surface area contributed by atoms with E-state index in [2.05, 4.69) is 6.92 Å². The molecule has 0 fully saturated rings. The maximum absolute atomic E-state index is 11.4. The number of carbonyl (C=O) groups excluding carboxylic acids is 2. The molecule has 0 atom stereocenters. The van der Waals surface area contributed by atoms with Gasteiger partial charge in [0.2, 0.25) is 0 Å². The van der Waals surface area contributed by atoms with Crippen molar-refractivity contribution in [1.29, 1.82) is 0 Å². The molecule has 0 amide bonds. The van der Waals surface area contributed by atoms with Gasteiger partial charge in [0.25, 0.3) is 0 Å². The molecule has 0 unspecified atom stereocenters. The Morgan fingerprint density at radius 3 is 2.55 bits per heavy atom. The van der Waals surface area contributed by atoms with Gasteiger partial charge in [0.1, 0.15) is 0 Å². The van der Waals surface area contributed by atoms with E-state index in [0.717, 1.165) is 35.0 Å². The molecule has 0 spiro atoms. The molecule has 0 N–H and O–H groups in total. The first kappa shape index (κ1) is 16.8. The van der Waals surface area contributed by atoms with Gasteiger partial charge in [0.15, 0.2) is 0 Å². The third-order valence-electron chi connectivity index (χ3n) is 2.38. The molecule has 1 rings (SSSR count). The predicted molar refractivity (Wildman–Crippen MR) is 76.9 cm³/mol. The van der Waals surface area contributed by atoms with Crippen molar-refractivity contribution in [2.45, 2.75) is 30.8 Å². The van der Waals surface area contributed by atoms with Crippen LogP contribution in [0, 0.1) is 0 Å². The van der Waals surface area contributed by atoms with Crippen LogP contribution in [0.2, 0.25) is 4.44 Å². The van der Waals surface area contributed by atoms with Crippen molar-refractivity contribution < 1.29 is 17.4 Å². The molecule has 1 aromatic rings. The van der Waals surface area contributed by atoms with Crippen LogP contribution in [0.1, 0.15) is 25.3 Å². The van der Waals surface area contributed by atoms with Crippen LogP contribution in [0.5, 0.6) is 0 Å². The summed E-state index contributed by atoms with van der Waals surface area (Å²) in [5.41, 5.74) is 0.908. The summed E-state index contributed by atoms with van der Waals surface area (Å²) in [6, 6.07) is 9.37. The van der Waals surface area contributed by atoms with Gasteiger partial charge < -0.3 is 0 Å². The van der Waals surface area contributed by atoms with Crippen LogP contribution in [0.3, 0.4) is 0 Å². The SMILES string of the molecule is CCC[CH2][Sn][O]C(=O)/C=C\C(=O)OCc1ccccc1. The average Bonchev–Trinajstić information content (AvgIpc) is 2.48. The minimum absolute atomic E-state index is 0.201. The van der Waals surface area contributed by atoms with E-state index in [9.17, 15) is 9.59 Å². The molecule has 0 aliphatic heterocycles. The van der Waals surface area contributed by atoms with Crippen molar-refractivity contribution in [1.82, 2.24) is 0 Å². The Labute approximate surface area is 129 Å². The Morgan fingerprint density at radius 1 is 1.15 bits per heavy atom. The Bertz CT molecular complexity index is 442. The molecule has 0 bridgehead atoms. The fraction of sp³-hybridized carbons (Fsp3) is 0.333. The van der Waals surface area contributed by atoms with Gasteiger partial charge >= 0.3 is 130 Å². The number of ether oxygens (including phenoxy) is 1. The van der Waals surface area contributed by atoms with Crippen LogP contribution in [0.4, 0.5) is 0 Å². The van der Waals surface area contributed by atoms with Crippen LogP contribution in [0.25, 0.3) is 0 Å². The second-order valence-corrected chi connectivity index (χ2v) is 6.93. The first-order valence-corrected chi connectivity index (χ1v) is 9.73. The second-order valence-electron chi connectivity index (χ2n) is 4.10. The summed E-state index contributed by atoms with van der Waals surface area (Å²) < 4.78 is 11.1. The number of benzene rings is 1. The Hall–Kier alpha value is -1.30. The van der Waals surface area contributed by atoms with Crippen LogP contribution in [0.15, 0.2) is 42.5 Å². The predicted octanol–water partition coefficient (Wildman–Crippen LogP) is 2.67. The van der Waals surface area contributed by atoms with E-state index in [-0.39, 0.29) is 6.61 Å². The zero-order chi connectivity index (χ0) is 14.6. The zero-order valence-electron chi connectivity index (χ0n) is 11.5. The molecule has 2 radical (unpaired) electrons. The van der Waals surface area contributed by atoms with E-state index in [4.69, 9.17) is 7.81 Å². The third-order valence-corrected chi connectivity index (χ3v) is 4.96. The molecule has 5 heteroatoms. The van der Waals surface area contributed by atoms with Gasteiger partial charge in [-0.15, -0.1) is 0 Å². The summed E-state index contributed by atoms with van der Waals surface area (Å²) in [6.07, 6.45) is 4.47. The van der Waals surface area contributed by atoms with E-state index < -0.39 is 33.5 Å².